The van der Waals surface area contributed by atoms with Gasteiger partial charge < -0.3 is 17.7 Å². The monoisotopic (exact) mass is 477 g/mol. The maximum Gasteiger partial charge on any atom is 0.240 e. The average Bonchev–Trinajstić information content (AvgIpc) is 2.70. The van der Waals surface area contributed by atoms with Gasteiger partial charge in [0.15, 0.2) is 0 Å². The van der Waals surface area contributed by atoms with E-state index in [9.17, 15) is 0 Å². The Kier molecular flexibility index (Phi) is 15.6. The second kappa shape index (κ2) is 16.7. The highest BCUT2D eigenvalue weighted by molar-refractivity contribution is 8.00. The van der Waals surface area contributed by atoms with Gasteiger partial charge in [-0.3, -0.25) is 16.1 Å². The van der Waals surface area contributed by atoms with Crippen molar-refractivity contribution in [3.8, 4) is 0 Å². The SMILES string of the molecule is CC1CCC1SCCNCCCC(=[NH2+])CCCCC(N)=[NH+]CCSC1CCC1C.[Cl-]. The fourth-order valence-electron chi connectivity index (χ4n) is 3.92. The normalized spacial score (nSPS) is 25.9. The van der Waals surface area contributed by atoms with Crippen LogP contribution in [0.1, 0.15) is 78.1 Å². The van der Waals surface area contributed by atoms with Gasteiger partial charge in [-0.2, -0.15) is 23.5 Å². The zero-order chi connectivity index (χ0) is 20.9. The van der Waals surface area contributed by atoms with Gasteiger partial charge in [0.2, 0.25) is 5.84 Å². The molecule has 2 rings (SSSR count). The average molecular weight is 478 g/mol. The second-order valence-electron chi connectivity index (χ2n) is 9.10. The first-order valence-electron chi connectivity index (χ1n) is 12.0. The molecular formula is C23H46ClN4S2+. The lowest BCUT2D eigenvalue weighted by Gasteiger charge is -2.33. The fourth-order valence-corrected chi connectivity index (χ4v) is 6.54. The van der Waals surface area contributed by atoms with Crippen LogP contribution in [0.5, 0.6) is 0 Å². The van der Waals surface area contributed by atoms with Crippen LogP contribution in [0.2, 0.25) is 0 Å². The predicted molar refractivity (Wildman–Crippen MR) is 132 cm³/mol. The molecule has 4 nitrogen and oxygen atoms in total. The Balaban J connectivity index is 0.00000450. The molecule has 0 aromatic carbocycles. The maximum atomic E-state index is 6.20. The van der Waals surface area contributed by atoms with Crippen molar-refractivity contribution in [1.29, 1.82) is 0 Å². The lowest BCUT2D eigenvalue weighted by Crippen LogP contribution is -3.00. The van der Waals surface area contributed by atoms with Crippen molar-refractivity contribution in [3.63, 3.8) is 0 Å². The molecule has 0 saturated heterocycles. The van der Waals surface area contributed by atoms with Crippen LogP contribution >= 0.6 is 23.5 Å². The minimum Gasteiger partial charge on any atom is -1.00 e. The summed E-state index contributed by atoms with van der Waals surface area (Å²) in [6.07, 6.45) is 12.2. The van der Waals surface area contributed by atoms with Gasteiger partial charge in [-0.25, -0.2) is 0 Å². The number of nitrogens with two attached hydrogens (primary N) is 2. The van der Waals surface area contributed by atoms with Crippen LogP contribution in [0.4, 0.5) is 0 Å². The lowest BCUT2D eigenvalue weighted by molar-refractivity contribution is -0.453. The molecule has 0 aromatic heterocycles. The molecule has 2 saturated carbocycles. The van der Waals surface area contributed by atoms with E-state index in [4.69, 9.17) is 11.1 Å². The third-order valence-electron chi connectivity index (χ3n) is 6.52. The molecule has 0 heterocycles. The molecule has 6 N–H and O–H groups in total. The van der Waals surface area contributed by atoms with E-state index in [-0.39, 0.29) is 12.4 Å². The predicted octanol–water partition coefficient (Wildman–Crippen LogP) is -1.38. The largest absolute Gasteiger partial charge is 1.00 e. The molecule has 4 unspecified atom stereocenters. The number of hydrogen-bond donors (Lipinski definition) is 4. The molecule has 0 amide bonds. The van der Waals surface area contributed by atoms with Crippen LogP contribution in [0, 0.1) is 11.8 Å². The van der Waals surface area contributed by atoms with Crippen molar-refractivity contribution in [1.82, 2.24) is 5.32 Å². The Morgan fingerprint density at radius 2 is 1.50 bits per heavy atom. The molecular weight excluding hydrogens is 432 g/mol. The summed E-state index contributed by atoms with van der Waals surface area (Å²) in [5.74, 6) is 5.22. The van der Waals surface area contributed by atoms with E-state index in [1.165, 1.54) is 37.2 Å². The standard InChI is InChI=1S/C23H44N4S2.ClH/c1-18-9-11-21(18)28-16-14-26-13-5-7-20(24)6-3-4-8-23(25)27-15-17-29-22-12-10-19(22)2;/h18-19,21-22,24,26H,3-17H2,1-2H3,(H2,25,27);1H/p+1. The molecule has 30 heavy (non-hydrogen) atoms. The van der Waals surface area contributed by atoms with Gasteiger partial charge in [-0.05, 0) is 63.3 Å². The zero-order valence-electron chi connectivity index (χ0n) is 19.3. The third kappa shape index (κ3) is 11.6. The van der Waals surface area contributed by atoms with E-state index < -0.39 is 0 Å². The van der Waals surface area contributed by atoms with Gasteiger partial charge in [0.05, 0.1) is 6.54 Å². The minimum atomic E-state index is 0. The summed E-state index contributed by atoms with van der Waals surface area (Å²) in [4.78, 5) is 3.39. The summed E-state index contributed by atoms with van der Waals surface area (Å²) in [5.41, 5.74) is 7.26. The summed E-state index contributed by atoms with van der Waals surface area (Å²) in [6.45, 7) is 7.97. The van der Waals surface area contributed by atoms with Crippen LogP contribution in [-0.4, -0.2) is 53.2 Å². The van der Waals surface area contributed by atoms with Gasteiger partial charge in [0.25, 0.3) is 0 Å². The van der Waals surface area contributed by atoms with Crippen LogP contribution in [0.3, 0.4) is 0 Å². The van der Waals surface area contributed by atoms with Crippen LogP contribution < -0.4 is 33.9 Å². The molecule has 0 spiro atoms. The molecule has 0 bridgehead atoms. The quantitative estimate of drug-likeness (QED) is 0.118. The Hall–Kier alpha value is 0.0900. The Morgan fingerprint density at radius 1 is 0.900 bits per heavy atom. The summed E-state index contributed by atoms with van der Waals surface area (Å²) in [6, 6.07) is 0. The first kappa shape index (κ1) is 28.1. The summed E-state index contributed by atoms with van der Waals surface area (Å²) in [7, 11) is 0. The van der Waals surface area contributed by atoms with Gasteiger partial charge >= 0.3 is 0 Å². The lowest BCUT2D eigenvalue weighted by atomic mass is 9.87. The molecule has 7 heteroatoms. The number of unbranched alkanes of at least 4 members (excludes halogenated alkanes) is 1. The van der Waals surface area contributed by atoms with E-state index in [1.807, 2.05) is 0 Å². The van der Waals surface area contributed by atoms with Gasteiger partial charge in [0.1, 0.15) is 5.71 Å². The molecule has 0 aliphatic heterocycles. The number of hydrogen-bond acceptors (Lipinski definition) is 3. The van der Waals surface area contributed by atoms with Crippen LogP contribution in [0.15, 0.2) is 0 Å². The van der Waals surface area contributed by atoms with Crippen molar-refractivity contribution in [2.75, 3.05) is 31.1 Å². The fraction of sp³-hybridized carbons (Fsp3) is 0.913. The number of halogens is 1. The summed E-state index contributed by atoms with van der Waals surface area (Å²) >= 11 is 4.26. The van der Waals surface area contributed by atoms with E-state index >= 15 is 0 Å². The molecule has 4 atom stereocenters. The van der Waals surface area contributed by atoms with Gasteiger partial charge in [-0.15, -0.1) is 0 Å². The summed E-state index contributed by atoms with van der Waals surface area (Å²) in [5, 5.41) is 11.6. The number of thioether (sulfide) groups is 2. The van der Waals surface area contributed by atoms with Crippen molar-refractivity contribution in [2.45, 2.75) is 88.6 Å². The van der Waals surface area contributed by atoms with Gasteiger partial charge in [0, 0.05) is 47.8 Å². The minimum absolute atomic E-state index is 0. The number of nitrogens with one attached hydrogen (secondary N) is 2. The van der Waals surface area contributed by atoms with Crippen molar-refractivity contribution in [2.24, 2.45) is 17.6 Å². The molecule has 2 aliphatic rings. The smallest absolute Gasteiger partial charge is 0.240 e. The Bertz CT molecular complexity index is 504. The molecule has 2 fully saturated rings. The van der Waals surface area contributed by atoms with Crippen molar-refractivity contribution in [3.05, 3.63) is 0 Å². The van der Waals surface area contributed by atoms with Gasteiger partial charge in [-0.1, -0.05) is 13.8 Å². The third-order valence-corrected chi connectivity index (χ3v) is 9.66. The first-order chi connectivity index (χ1) is 14.1. The van der Waals surface area contributed by atoms with E-state index in [0.717, 1.165) is 92.0 Å². The molecule has 0 radical (unpaired) electrons. The van der Waals surface area contributed by atoms with E-state index in [2.05, 4.69) is 47.7 Å². The van der Waals surface area contributed by atoms with Crippen LogP contribution in [0.25, 0.3) is 0 Å². The zero-order valence-corrected chi connectivity index (χ0v) is 21.7. The maximum absolute atomic E-state index is 6.20. The van der Waals surface area contributed by atoms with Crippen molar-refractivity contribution < 1.29 is 22.8 Å². The summed E-state index contributed by atoms with van der Waals surface area (Å²) < 4.78 is 0. The molecule has 0 aromatic rings. The second-order valence-corrected chi connectivity index (χ2v) is 11.8. The topological polar surface area (TPSA) is 77.6 Å². The molecule has 176 valence electrons. The first-order valence-corrected chi connectivity index (χ1v) is 14.0. The highest BCUT2D eigenvalue weighted by atomic mass is 35.5. The number of amidine groups is 1. The Morgan fingerprint density at radius 3 is 2.10 bits per heavy atom. The highest BCUT2D eigenvalue weighted by Gasteiger charge is 2.27. The number of rotatable bonds is 17. The Labute approximate surface area is 200 Å². The molecule has 2 aliphatic carbocycles. The van der Waals surface area contributed by atoms with Crippen LogP contribution in [-0.2, 0) is 0 Å². The van der Waals surface area contributed by atoms with E-state index in [1.54, 1.807) is 0 Å². The van der Waals surface area contributed by atoms with Crippen molar-refractivity contribution >= 4 is 35.1 Å². The van der Waals surface area contributed by atoms with E-state index in [0.29, 0.717) is 0 Å². The highest BCUT2D eigenvalue weighted by Crippen LogP contribution is 2.37.